The van der Waals surface area contributed by atoms with Crippen LogP contribution in [0.5, 0.6) is 17.2 Å². The summed E-state index contributed by atoms with van der Waals surface area (Å²) >= 11 is 0. The molecule has 1 aliphatic rings. The van der Waals surface area contributed by atoms with E-state index in [-0.39, 0.29) is 5.91 Å². The lowest BCUT2D eigenvalue weighted by Gasteiger charge is -2.14. The molecule has 30 heavy (non-hydrogen) atoms. The summed E-state index contributed by atoms with van der Waals surface area (Å²) in [6.45, 7) is 0. The van der Waals surface area contributed by atoms with E-state index in [2.05, 4.69) is 10.4 Å². The molecule has 9 heteroatoms. The Kier molecular flexibility index (Phi) is 5.45. The summed E-state index contributed by atoms with van der Waals surface area (Å²) in [5.74, 6) is 2.34. The van der Waals surface area contributed by atoms with Crippen LogP contribution in [0.25, 0.3) is 5.69 Å². The molecule has 0 fully saturated rings. The molecule has 1 N–H and O–H groups in total. The Balaban J connectivity index is 1.75. The number of carbonyl (C=O) groups is 1. The number of fused-ring (bicyclic) bond motifs is 1. The molecule has 1 aromatic heterocycles. The van der Waals surface area contributed by atoms with E-state index in [9.17, 15) is 9.00 Å². The smallest absolute Gasteiger partial charge is 0.260 e. The van der Waals surface area contributed by atoms with Gasteiger partial charge in [-0.1, -0.05) is 6.07 Å². The van der Waals surface area contributed by atoms with E-state index in [4.69, 9.17) is 14.2 Å². The third kappa shape index (κ3) is 3.52. The molecular formula is C21H21N3O5S. The second kappa shape index (κ2) is 8.19. The molecule has 0 aliphatic carbocycles. The van der Waals surface area contributed by atoms with Crippen molar-refractivity contribution in [1.82, 2.24) is 9.78 Å². The topological polar surface area (TPSA) is 91.7 Å². The Morgan fingerprint density at radius 3 is 2.47 bits per heavy atom. The van der Waals surface area contributed by atoms with E-state index in [1.807, 2.05) is 24.3 Å². The van der Waals surface area contributed by atoms with Crippen LogP contribution >= 0.6 is 0 Å². The maximum absolute atomic E-state index is 13.1. The van der Waals surface area contributed by atoms with E-state index in [1.165, 1.54) is 14.2 Å². The molecule has 8 nitrogen and oxygen atoms in total. The maximum Gasteiger partial charge on any atom is 0.260 e. The van der Waals surface area contributed by atoms with Crippen molar-refractivity contribution in [2.45, 2.75) is 11.5 Å². The Morgan fingerprint density at radius 2 is 1.80 bits per heavy atom. The monoisotopic (exact) mass is 427 g/mol. The summed E-state index contributed by atoms with van der Waals surface area (Å²) in [4.78, 5) is 13.1. The van der Waals surface area contributed by atoms with E-state index >= 15 is 0 Å². The predicted molar refractivity (Wildman–Crippen MR) is 113 cm³/mol. The second-order valence-electron chi connectivity index (χ2n) is 6.61. The highest BCUT2D eigenvalue weighted by Gasteiger charge is 2.29. The standard InChI is InChI=1S/C21H21N3O5S/c1-27-14-9-7-13(8-10-14)24-20(16-11-30(26)12-17(16)23-24)22-21(25)15-5-4-6-18(28-2)19(15)29-3/h4-10H,11-12H2,1-3H3,(H,22,25)/t30-/m0/s1. The first kappa shape index (κ1) is 20.0. The van der Waals surface area contributed by atoms with Crippen molar-refractivity contribution >= 4 is 22.5 Å². The molecule has 4 rings (SSSR count). The number of ether oxygens (including phenoxy) is 3. The number of benzene rings is 2. The van der Waals surface area contributed by atoms with Crippen LogP contribution in [0.1, 0.15) is 21.6 Å². The molecule has 0 saturated carbocycles. The van der Waals surface area contributed by atoms with Gasteiger partial charge in [0.05, 0.1) is 49.8 Å². The Labute approximate surface area is 176 Å². The number of amides is 1. The second-order valence-corrected chi connectivity index (χ2v) is 8.06. The third-order valence-electron chi connectivity index (χ3n) is 4.87. The van der Waals surface area contributed by atoms with Crippen LogP contribution in [0, 0.1) is 0 Å². The summed E-state index contributed by atoms with van der Waals surface area (Å²) in [5.41, 5.74) is 2.58. The summed E-state index contributed by atoms with van der Waals surface area (Å²) in [7, 11) is 3.56. The first-order chi connectivity index (χ1) is 14.5. The van der Waals surface area contributed by atoms with Crippen molar-refractivity contribution in [3.05, 3.63) is 59.3 Å². The lowest BCUT2D eigenvalue weighted by Crippen LogP contribution is -2.17. The number of hydrogen-bond acceptors (Lipinski definition) is 6. The van der Waals surface area contributed by atoms with Crippen molar-refractivity contribution in [2.24, 2.45) is 0 Å². The van der Waals surface area contributed by atoms with Crippen molar-refractivity contribution in [3.8, 4) is 22.9 Å². The summed E-state index contributed by atoms with van der Waals surface area (Å²) < 4.78 is 29.6. The van der Waals surface area contributed by atoms with Crippen LogP contribution in [0.2, 0.25) is 0 Å². The Bertz CT molecular complexity index is 1120. The number of hydrogen-bond donors (Lipinski definition) is 1. The normalized spacial score (nSPS) is 14.8. The van der Waals surface area contributed by atoms with Gasteiger partial charge in [0.1, 0.15) is 11.6 Å². The van der Waals surface area contributed by atoms with Gasteiger partial charge in [0.2, 0.25) is 0 Å². The fraction of sp³-hybridized carbons (Fsp3) is 0.238. The zero-order valence-electron chi connectivity index (χ0n) is 16.8. The van der Waals surface area contributed by atoms with Crippen LogP contribution in [-0.4, -0.2) is 41.2 Å². The van der Waals surface area contributed by atoms with Gasteiger partial charge in [0.25, 0.3) is 5.91 Å². The first-order valence-electron chi connectivity index (χ1n) is 9.18. The number of methoxy groups -OCH3 is 3. The highest BCUT2D eigenvalue weighted by molar-refractivity contribution is 7.83. The largest absolute Gasteiger partial charge is 0.497 e. The predicted octanol–water partition coefficient (Wildman–Crippen LogP) is 2.91. The molecule has 156 valence electrons. The number of nitrogens with one attached hydrogen (secondary N) is 1. The molecule has 0 radical (unpaired) electrons. The summed E-state index contributed by atoms with van der Waals surface area (Å²) in [6.07, 6.45) is 0. The van der Waals surface area contributed by atoms with E-state index < -0.39 is 10.8 Å². The van der Waals surface area contributed by atoms with Crippen molar-refractivity contribution in [1.29, 1.82) is 0 Å². The zero-order valence-corrected chi connectivity index (χ0v) is 17.6. The number of rotatable bonds is 6. The lowest BCUT2D eigenvalue weighted by molar-refractivity contribution is 0.102. The van der Waals surface area contributed by atoms with Crippen molar-refractivity contribution in [3.63, 3.8) is 0 Å². The molecular weight excluding hydrogens is 406 g/mol. The van der Waals surface area contributed by atoms with Gasteiger partial charge in [-0.3, -0.25) is 9.00 Å². The van der Waals surface area contributed by atoms with Gasteiger partial charge in [0.15, 0.2) is 11.5 Å². The molecule has 0 spiro atoms. The van der Waals surface area contributed by atoms with Crippen LogP contribution in [0.3, 0.4) is 0 Å². The van der Waals surface area contributed by atoms with Crippen LogP contribution in [0.4, 0.5) is 5.82 Å². The molecule has 0 unspecified atom stereocenters. The Morgan fingerprint density at radius 1 is 1.03 bits per heavy atom. The van der Waals surface area contributed by atoms with Gasteiger partial charge in [-0.15, -0.1) is 0 Å². The first-order valence-corrected chi connectivity index (χ1v) is 10.7. The van der Waals surface area contributed by atoms with Gasteiger partial charge in [0, 0.05) is 16.4 Å². The average Bonchev–Trinajstić information content (AvgIpc) is 3.29. The molecule has 3 aromatic rings. The van der Waals surface area contributed by atoms with Crippen LogP contribution in [-0.2, 0) is 22.3 Å². The highest BCUT2D eigenvalue weighted by Crippen LogP contribution is 2.34. The lowest BCUT2D eigenvalue weighted by atomic mass is 10.1. The molecule has 1 atom stereocenters. The number of carbonyl (C=O) groups excluding carboxylic acids is 1. The van der Waals surface area contributed by atoms with Gasteiger partial charge in [-0.05, 0) is 36.4 Å². The molecule has 0 saturated heterocycles. The minimum Gasteiger partial charge on any atom is -0.497 e. The van der Waals surface area contributed by atoms with Gasteiger partial charge in [-0.25, -0.2) is 4.68 Å². The van der Waals surface area contributed by atoms with Gasteiger partial charge in [-0.2, -0.15) is 5.10 Å². The Hall–Kier alpha value is -3.33. The zero-order chi connectivity index (χ0) is 21.3. The highest BCUT2D eigenvalue weighted by atomic mass is 32.2. The quantitative estimate of drug-likeness (QED) is 0.650. The molecule has 2 aromatic carbocycles. The number of nitrogens with zero attached hydrogens (tertiary/aromatic N) is 2. The van der Waals surface area contributed by atoms with Crippen molar-refractivity contribution < 1.29 is 23.2 Å². The van der Waals surface area contributed by atoms with Crippen LogP contribution in [0.15, 0.2) is 42.5 Å². The number of aromatic nitrogens is 2. The van der Waals surface area contributed by atoms with Gasteiger partial charge >= 0.3 is 0 Å². The third-order valence-corrected chi connectivity index (χ3v) is 6.07. The van der Waals surface area contributed by atoms with E-state index in [0.29, 0.717) is 40.1 Å². The van der Waals surface area contributed by atoms with Crippen LogP contribution < -0.4 is 19.5 Å². The molecule has 1 aliphatic heterocycles. The molecule has 0 bridgehead atoms. The van der Waals surface area contributed by atoms with Crippen molar-refractivity contribution in [2.75, 3.05) is 26.6 Å². The minimum atomic E-state index is -1.03. The number of para-hydroxylation sites is 1. The number of anilines is 1. The van der Waals surface area contributed by atoms with E-state index in [0.717, 1.165) is 16.9 Å². The summed E-state index contributed by atoms with van der Waals surface area (Å²) in [6, 6.07) is 12.4. The SMILES string of the molecule is COc1ccc(-n2nc3c(c2NC(=O)c2cccc(OC)c2OC)C[S@](=O)C3)cc1. The molecule has 2 heterocycles. The average molecular weight is 427 g/mol. The fourth-order valence-corrected chi connectivity index (χ4v) is 4.67. The van der Waals surface area contributed by atoms with E-state index in [1.54, 1.807) is 30.0 Å². The maximum atomic E-state index is 13.1. The summed E-state index contributed by atoms with van der Waals surface area (Å²) in [5, 5.41) is 7.54. The minimum absolute atomic E-state index is 0.326. The van der Waals surface area contributed by atoms with Gasteiger partial charge < -0.3 is 19.5 Å². The fourth-order valence-electron chi connectivity index (χ4n) is 3.41. The molecule has 1 amide bonds.